The maximum Gasteiger partial charge on any atom is 0.359 e. The van der Waals surface area contributed by atoms with E-state index < -0.39 is 11.5 Å². The van der Waals surface area contributed by atoms with Crippen molar-refractivity contribution in [3.05, 3.63) is 51.3 Å². The van der Waals surface area contributed by atoms with Crippen molar-refractivity contribution in [2.75, 3.05) is 11.9 Å². The van der Waals surface area contributed by atoms with Gasteiger partial charge in [0.15, 0.2) is 5.69 Å². The van der Waals surface area contributed by atoms with Gasteiger partial charge in [-0.2, -0.15) is 9.78 Å². The van der Waals surface area contributed by atoms with Gasteiger partial charge in [-0.1, -0.05) is 19.1 Å². The van der Waals surface area contributed by atoms with Crippen LogP contribution in [-0.2, 0) is 9.53 Å². The summed E-state index contributed by atoms with van der Waals surface area (Å²) in [5, 5.41) is 9.76. The molecule has 0 saturated heterocycles. The van der Waals surface area contributed by atoms with Gasteiger partial charge in [-0.05, 0) is 38.0 Å². The molecule has 0 bridgehead atoms. The van der Waals surface area contributed by atoms with Crippen LogP contribution in [0.1, 0.15) is 42.7 Å². The van der Waals surface area contributed by atoms with Crippen LogP contribution in [0.2, 0.25) is 0 Å². The number of anilines is 1. The van der Waals surface area contributed by atoms with Crippen LogP contribution in [0.5, 0.6) is 0 Å². The second-order valence-electron chi connectivity index (χ2n) is 6.28. The van der Waals surface area contributed by atoms with Crippen molar-refractivity contribution >= 4 is 39.0 Å². The molecule has 2 aromatic heterocycles. The number of amides is 1. The summed E-state index contributed by atoms with van der Waals surface area (Å²) in [6, 6.07) is 7.26. The molecule has 1 aromatic carbocycles. The van der Waals surface area contributed by atoms with E-state index in [9.17, 15) is 14.4 Å². The molecule has 0 atom stereocenters. The number of benzene rings is 1. The van der Waals surface area contributed by atoms with Gasteiger partial charge in [0.25, 0.3) is 5.56 Å². The molecule has 3 rings (SSSR count). The Hall–Kier alpha value is -3.00. The topological polar surface area (TPSA) is 90.3 Å². The Morgan fingerprint density at radius 3 is 2.75 bits per heavy atom. The van der Waals surface area contributed by atoms with E-state index in [-0.39, 0.29) is 23.6 Å². The van der Waals surface area contributed by atoms with Crippen LogP contribution in [0.4, 0.5) is 5.00 Å². The van der Waals surface area contributed by atoms with Crippen molar-refractivity contribution in [2.45, 2.75) is 33.6 Å². The molecule has 146 valence electrons. The van der Waals surface area contributed by atoms with Crippen molar-refractivity contribution in [1.29, 1.82) is 0 Å². The first-order chi connectivity index (χ1) is 13.5. The molecular weight excluding hydrogens is 378 g/mol. The van der Waals surface area contributed by atoms with E-state index in [0.717, 1.165) is 5.56 Å². The summed E-state index contributed by atoms with van der Waals surface area (Å²) in [5.74, 6) is -0.791. The first-order valence-electron chi connectivity index (χ1n) is 9.04. The maximum atomic E-state index is 13.2. The third-order valence-corrected chi connectivity index (χ3v) is 4.99. The molecule has 0 fully saturated rings. The molecule has 0 aliphatic heterocycles. The summed E-state index contributed by atoms with van der Waals surface area (Å²) in [6.45, 7) is 5.70. The first kappa shape index (κ1) is 19.8. The fourth-order valence-corrected chi connectivity index (χ4v) is 3.80. The fraction of sp³-hybridized carbons (Fsp3) is 0.300. The predicted octanol–water partition coefficient (Wildman–Crippen LogP) is 3.67. The van der Waals surface area contributed by atoms with E-state index in [1.54, 1.807) is 24.4 Å². The average molecular weight is 399 g/mol. The normalized spacial score (nSPS) is 10.8. The van der Waals surface area contributed by atoms with Crippen molar-refractivity contribution in [3.63, 3.8) is 0 Å². The van der Waals surface area contributed by atoms with Gasteiger partial charge in [0.2, 0.25) is 5.91 Å². The van der Waals surface area contributed by atoms with Crippen LogP contribution < -0.4 is 10.9 Å². The highest BCUT2D eigenvalue weighted by molar-refractivity contribution is 7.16. The Morgan fingerprint density at radius 1 is 1.29 bits per heavy atom. The van der Waals surface area contributed by atoms with E-state index in [1.165, 1.54) is 16.0 Å². The number of ether oxygens (including phenoxy) is 1. The lowest BCUT2D eigenvalue weighted by atomic mass is 10.2. The van der Waals surface area contributed by atoms with Crippen LogP contribution in [0.3, 0.4) is 0 Å². The number of carbonyl (C=O) groups excluding carboxylic acids is 2. The molecule has 28 heavy (non-hydrogen) atoms. The lowest BCUT2D eigenvalue weighted by Crippen LogP contribution is -2.25. The highest BCUT2D eigenvalue weighted by Gasteiger charge is 2.23. The molecule has 1 amide bonds. The van der Waals surface area contributed by atoms with Crippen LogP contribution >= 0.6 is 11.3 Å². The zero-order chi connectivity index (χ0) is 20.3. The van der Waals surface area contributed by atoms with Crippen LogP contribution in [0, 0.1) is 6.92 Å². The number of aryl methyl sites for hydroxylation is 1. The van der Waals surface area contributed by atoms with Crippen molar-refractivity contribution in [1.82, 2.24) is 9.78 Å². The Labute approximate surface area is 165 Å². The summed E-state index contributed by atoms with van der Waals surface area (Å²) >= 11 is 1.19. The number of nitrogens with one attached hydrogen (secondary N) is 1. The average Bonchev–Trinajstić information content (AvgIpc) is 3.06. The van der Waals surface area contributed by atoms with Crippen molar-refractivity contribution in [2.24, 2.45) is 0 Å². The summed E-state index contributed by atoms with van der Waals surface area (Å²) in [6.07, 6.45) is 1.04. The van der Waals surface area contributed by atoms with E-state index in [2.05, 4.69) is 10.4 Å². The van der Waals surface area contributed by atoms with E-state index in [1.807, 2.05) is 26.0 Å². The Bertz CT molecular complexity index is 1100. The molecule has 1 N–H and O–H groups in total. The third kappa shape index (κ3) is 3.82. The molecule has 0 spiro atoms. The second kappa shape index (κ2) is 8.35. The fourth-order valence-electron chi connectivity index (χ4n) is 2.84. The predicted molar refractivity (Wildman–Crippen MR) is 109 cm³/mol. The van der Waals surface area contributed by atoms with Crippen LogP contribution in [0.25, 0.3) is 16.5 Å². The number of esters is 1. The SMILES string of the molecule is CCCC(=O)Nc1scc2c(C(=O)OCC)nn(-c3cccc(C)c3)c(=O)c12. The minimum absolute atomic E-state index is 0.0465. The molecule has 0 unspecified atom stereocenters. The standard InChI is InChI=1S/C20H21N3O4S/c1-4-7-15(24)21-18-16-14(11-28-18)17(20(26)27-5-2)22-23(19(16)25)13-9-6-8-12(3)10-13/h6,8-11H,4-5,7H2,1-3H3,(H,21,24). The lowest BCUT2D eigenvalue weighted by Gasteiger charge is -2.10. The third-order valence-electron chi connectivity index (χ3n) is 4.10. The highest BCUT2D eigenvalue weighted by Crippen LogP contribution is 2.30. The minimum atomic E-state index is -0.613. The van der Waals surface area contributed by atoms with Gasteiger partial charge in [-0.25, -0.2) is 4.79 Å². The quantitative estimate of drug-likeness (QED) is 0.639. The number of rotatable bonds is 6. The summed E-state index contributed by atoms with van der Waals surface area (Å²) in [4.78, 5) is 37.7. The van der Waals surface area contributed by atoms with Crippen LogP contribution in [-0.4, -0.2) is 28.3 Å². The number of hydrogen-bond donors (Lipinski definition) is 1. The molecule has 7 nitrogen and oxygen atoms in total. The highest BCUT2D eigenvalue weighted by atomic mass is 32.1. The van der Waals surface area contributed by atoms with E-state index >= 15 is 0 Å². The van der Waals surface area contributed by atoms with Gasteiger partial charge in [0.05, 0.1) is 17.7 Å². The number of aromatic nitrogens is 2. The Morgan fingerprint density at radius 2 is 2.07 bits per heavy atom. The number of carbonyl (C=O) groups is 2. The van der Waals surface area contributed by atoms with Gasteiger partial charge < -0.3 is 10.1 Å². The first-order valence-corrected chi connectivity index (χ1v) is 9.92. The molecule has 2 heterocycles. The smallest absolute Gasteiger partial charge is 0.359 e. The van der Waals surface area contributed by atoms with Crippen molar-refractivity contribution in [3.8, 4) is 5.69 Å². The number of thiophene rings is 1. The molecule has 0 aliphatic rings. The zero-order valence-corrected chi connectivity index (χ0v) is 16.8. The second-order valence-corrected chi connectivity index (χ2v) is 7.16. The maximum absolute atomic E-state index is 13.2. The Balaban J connectivity index is 2.26. The number of hydrogen-bond acceptors (Lipinski definition) is 6. The molecule has 0 saturated carbocycles. The summed E-state index contributed by atoms with van der Waals surface area (Å²) in [7, 11) is 0. The number of nitrogens with zero attached hydrogens (tertiary/aromatic N) is 2. The summed E-state index contributed by atoms with van der Waals surface area (Å²) < 4.78 is 6.30. The monoisotopic (exact) mass is 399 g/mol. The molecule has 0 aliphatic carbocycles. The number of fused-ring (bicyclic) bond motifs is 1. The van der Waals surface area contributed by atoms with Gasteiger partial charge in [-0.3, -0.25) is 9.59 Å². The summed E-state index contributed by atoms with van der Waals surface area (Å²) in [5.41, 5.74) is 1.13. The molecule has 3 aromatic rings. The minimum Gasteiger partial charge on any atom is -0.461 e. The van der Waals surface area contributed by atoms with Gasteiger partial charge >= 0.3 is 5.97 Å². The Kier molecular flexibility index (Phi) is 5.89. The van der Waals surface area contributed by atoms with Crippen LogP contribution in [0.15, 0.2) is 34.4 Å². The van der Waals surface area contributed by atoms with Gasteiger partial charge in [0, 0.05) is 17.2 Å². The zero-order valence-electron chi connectivity index (χ0n) is 15.9. The largest absolute Gasteiger partial charge is 0.461 e. The lowest BCUT2D eigenvalue weighted by molar-refractivity contribution is -0.116. The molecular formula is C20H21N3O4S. The van der Waals surface area contributed by atoms with Gasteiger partial charge in [0.1, 0.15) is 5.00 Å². The molecule has 8 heteroatoms. The molecule has 0 radical (unpaired) electrons. The van der Waals surface area contributed by atoms with E-state index in [4.69, 9.17) is 4.74 Å². The van der Waals surface area contributed by atoms with Crippen molar-refractivity contribution < 1.29 is 14.3 Å². The van der Waals surface area contributed by atoms with E-state index in [0.29, 0.717) is 28.9 Å². The van der Waals surface area contributed by atoms with Gasteiger partial charge in [-0.15, -0.1) is 11.3 Å².